The predicted octanol–water partition coefficient (Wildman–Crippen LogP) is 0.613. The van der Waals surface area contributed by atoms with Gasteiger partial charge in [0, 0.05) is 13.1 Å². The third-order valence-corrected chi connectivity index (χ3v) is 4.03. The van der Waals surface area contributed by atoms with E-state index in [1.165, 1.54) is 11.3 Å². The van der Waals surface area contributed by atoms with Gasteiger partial charge in [-0.25, -0.2) is 4.98 Å². The Bertz CT molecular complexity index is 409. The Kier molecular flexibility index (Phi) is 3.32. The number of piperazine rings is 1. The zero-order chi connectivity index (χ0) is 11.7. The summed E-state index contributed by atoms with van der Waals surface area (Å²) in [5.74, 6) is -0.0110. The SMILES string of the molecule is CC1C(=O)NCCN1c1nc(Cl)c(CO)s1. The molecule has 1 amide bonds. The van der Waals surface area contributed by atoms with Crippen LogP contribution in [0.4, 0.5) is 5.13 Å². The van der Waals surface area contributed by atoms with Crippen molar-refractivity contribution in [3.05, 3.63) is 10.0 Å². The molecule has 5 nitrogen and oxygen atoms in total. The van der Waals surface area contributed by atoms with E-state index in [1.807, 2.05) is 11.8 Å². The minimum absolute atomic E-state index is 0.0110. The van der Waals surface area contributed by atoms with Gasteiger partial charge in [-0.3, -0.25) is 4.79 Å². The number of anilines is 1. The first-order valence-corrected chi connectivity index (χ1v) is 6.13. The van der Waals surface area contributed by atoms with Crippen LogP contribution < -0.4 is 10.2 Å². The summed E-state index contributed by atoms with van der Waals surface area (Å²) in [6.45, 7) is 3.02. The van der Waals surface area contributed by atoms with E-state index in [2.05, 4.69) is 10.3 Å². The first-order chi connectivity index (χ1) is 7.63. The lowest BCUT2D eigenvalue weighted by molar-refractivity contribution is -0.122. The molecule has 0 radical (unpaired) electrons. The van der Waals surface area contributed by atoms with Crippen molar-refractivity contribution in [3.8, 4) is 0 Å². The van der Waals surface area contributed by atoms with Crippen LogP contribution in [0.2, 0.25) is 5.15 Å². The molecular weight excluding hydrogens is 250 g/mol. The number of nitrogens with zero attached hydrogens (tertiary/aromatic N) is 2. The van der Waals surface area contributed by atoms with Gasteiger partial charge in [0.15, 0.2) is 5.13 Å². The molecule has 1 aliphatic heterocycles. The first-order valence-electron chi connectivity index (χ1n) is 4.94. The Morgan fingerprint density at radius 2 is 2.50 bits per heavy atom. The topological polar surface area (TPSA) is 65.5 Å². The second-order valence-electron chi connectivity index (χ2n) is 3.53. The molecule has 1 saturated heterocycles. The second-order valence-corrected chi connectivity index (χ2v) is 4.95. The number of aliphatic hydroxyl groups is 1. The Balaban J connectivity index is 2.25. The smallest absolute Gasteiger partial charge is 0.242 e. The molecule has 0 aromatic carbocycles. The normalized spacial score (nSPS) is 21.1. The molecule has 7 heteroatoms. The van der Waals surface area contributed by atoms with E-state index in [1.54, 1.807) is 0 Å². The van der Waals surface area contributed by atoms with E-state index in [4.69, 9.17) is 16.7 Å². The molecule has 1 atom stereocenters. The number of halogens is 1. The van der Waals surface area contributed by atoms with Crippen molar-refractivity contribution < 1.29 is 9.90 Å². The van der Waals surface area contributed by atoms with Crippen LogP contribution in [0.3, 0.4) is 0 Å². The van der Waals surface area contributed by atoms with E-state index in [0.717, 1.165) is 0 Å². The number of carbonyl (C=O) groups excluding carboxylic acids is 1. The monoisotopic (exact) mass is 261 g/mol. The molecule has 2 N–H and O–H groups in total. The summed E-state index contributed by atoms with van der Waals surface area (Å²) in [5, 5.41) is 12.8. The van der Waals surface area contributed by atoms with Gasteiger partial charge in [-0.05, 0) is 6.92 Å². The molecule has 88 valence electrons. The highest BCUT2D eigenvalue weighted by molar-refractivity contribution is 7.16. The fourth-order valence-electron chi connectivity index (χ4n) is 1.59. The summed E-state index contributed by atoms with van der Waals surface area (Å²) < 4.78 is 0. The maximum atomic E-state index is 11.5. The summed E-state index contributed by atoms with van der Waals surface area (Å²) in [5.41, 5.74) is 0. The van der Waals surface area contributed by atoms with Crippen LogP contribution in [0.5, 0.6) is 0 Å². The summed E-state index contributed by atoms with van der Waals surface area (Å²) in [6.07, 6.45) is 0. The van der Waals surface area contributed by atoms with Crippen LogP contribution in [-0.2, 0) is 11.4 Å². The fourth-order valence-corrected chi connectivity index (χ4v) is 2.81. The lowest BCUT2D eigenvalue weighted by Gasteiger charge is -2.32. The molecule has 0 bridgehead atoms. The molecular formula is C9H12ClN3O2S. The molecule has 0 aliphatic carbocycles. The van der Waals surface area contributed by atoms with Gasteiger partial charge in [0.05, 0.1) is 11.5 Å². The number of carbonyl (C=O) groups is 1. The quantitative estimate of drug-likeness (QED) is 0.819. The van der Waals surface area contributed by atoms with E-state index in [9.17, 15) is 4.79 Å². The number of aliphatic hydroxyl groups excluding tert-OH is 1. The average Bonchev–Trinajstić information content (AvgIpc) is 2.63. The second kappa shape index (κ2) is 4.57. The third kappa shape index (κ3) is 2.00. The zero-order valence-electron chi connectivity index (χ0n) is 8.73. The number of hydrogen-bond donors (Lipinski definition) is 2. The van der Waals surface area contributed by atoms with Crippen molar-refractivity contribution in [3.63, 3.8) is 0 Å². The van der Waals surface area contributed by atoms with Crippen molar-refractivity contribution >= 4 is 34.0 Å². The van der Waals surface area contributed by atoms with Gasteiger partial charge in [0.1, 0.15) is 11.2 Å². The minimum atomic E-state index is -0.248. The van der Waals surface area contributed by atoms with Crippen molar-refractivity contribution in [1.82, 2.24) is 10.3 Å². The van der Waals surface area contributed by atoms with Crippen molar-refractivity contribution in [2.24, 2.45) is 0 Å². The van der Waals surface area contributed by atoms with Gasteiger partial charge in [-0.1, -0.05) is 22.9 Å². The fraction of sp³-hybridized carbons (Fsp3) is 0.556. The number of hydrogen-bond acceptors (Lipinski definition) is 5. The first kappa shape index (κ1) is 11.6. The Labute approximate surface area is 102 Å². The van der Waals surface area contributed by atoms with E-state index >= 15 is 0 Å². The van der Waals surface area contributed by atoms with Gasteiger partial charge in [0.2, 0.25) is 5.91 Å². The van der Waals surface area contributed by atoms with Gasteiger partial charge >= 0.3 is 0 Å². The highest BCUT2D eigenvalue weighted by atomic mass is 35.5. The van der Waals surface area contributed by atoms with Crippen LogP contribution in [0.15, 0.2) is 0 Å². The summed E-state index contributed by atoms with van der Waals surface area (Å²) >= 11 is 7.19. The van der Waals surface area contributed by atoms with Crippen LogP contribution in [0.25, 0.3) is 0 Å². The van der Waals surface area contributed by atoms with Gasteiger partial charge in [-0.15, -0.1) is 0 Å². The minimum Gasteiger partial charge on any atom is -0.391 e. The van der Waals surface area contributed by atoms with Crippen LogP contribution >= 0.6 is 22.9 Å². The van der Waals surface area contributed by atoms with E-state index in [-0.39, 0.29) is 18.6 Å². The molecule has 1 aromatic rings. The predicted molar refractivity (Wildman–Crippen MR) is 62.9 cm³/mol. The number of nitrogens with one attached hydrogen (secondary N) is 1. The standard InChI is InChI=1S/C9H12ClN3O2S/c1-5-8(15)11-2-3-13(5)9-12-7(10)6(4-14)16-9/h5,14H,2-4H2,1H3,(H,11,15). The molecule has 0 spiro atoms. The average molecular weight is 262 g/mol. The molecule has 16 heavy (non-hydrogen) atoms. The number of aromatic nitrogens is 1. The van der Waals surface area contributed by atoms with Crippen molar-refractivity contribution in [2.75, 3.05) is 18.0 Å². The molecule has 1 unspecified atom stereocenters. The largest absolute Gasteiger partial charge is 0.391 e. The number of amides is 1. The van der Waals surface area contributed by atoms with Crippen LogP contribution in [0.1, 0.15) is 11.8 Å². The summed E-state index contributed by atoms with van der Waals surface area (Å²) in [4.78, 5) is 18.2. The highest BCUT2D eigenvalue weighted by Gasteiger charge is 2.28. The van der Waals surface area contributed by atoms with Crippen LogP contribution in [0, 0.1) is 0 Å². The van der Waals surface area contributed by atoms with Crippen LogP contribution in [-0.4, -0.2) is 35.1 Å². The van der Waals surface area contributed by atoms with E-state index in [0.29, 0.717) is 28.3 Å². The van der Waals surface area contributed by atoms with Gasteiger partial charge in [-0.2, -0.15) is 0 Å². The maximum absolute atomic E-state index is 11.5. The molecule has 2 rings (SSSR count). The van der Waals surface area contributed by atoms with Crippen molar-refractivity contribution in [1.29, 1.82) is 0 Å². The van der Waals surface area contributed by atoms with Gasteiger partial charge in [0.25, 0.3) is 0 Å². The summed E-state index contributed by atoms with van der Waals surface area (Å²) in [7, 11) is 0. The zero-order valence-corrected chi connectivity index (χ0v) is 10.3. The Morgan fingerprint density at radius 3 is 3.12 bits per heavy atom. The van der Waals surface area contributed by atoms with Crippen molar-refractivity contribution in [2.45, 2.75) is 19.6 Å². The Hall–Kier alpha value is -0.850. The molecule has 1 aromatic heterocycles. The molecule has 1 aliphatic rings. The highest BCUT2D eigenvalue weighted by Crippen LogP contribution is 2.31. The Morgan fingerprint density at radius 1 is 1.75 bits per heavy atom. The lowest BCUT2D eigenvalue weighted by Crippen LogP contribution is -2.54. The maximum Gasteiger partial charge on any atom is 0.242 e. The lowest BCUT2D eigenvalue weighted by atomic mass is 10.2. The molecule has 0 saturated carbocycles. The third-order valence-electron chi connectivity index (χ3n) is 2.53. The summed E-state index contributed by atoms with van der Waals surface area (Å²) in [6, 6.07) is -0.248. The molecule has 2 heterocycles. The van der Waals surface area contributed by atoms with Gasteiger partial charge < -0.3 is 15.3 Å². The number of thiazole rings is 1. The number of rotatable bonds is 2. The molecule has 1 fully saturated rings. The van der Waals surface area contributed by atoms with E-state index < -0.39 is 0 Å².